The van der Waals surface area contributed by atoms with Crippen molar-refractivity contribution in [2.45, 2.75) is 38.1 Å². The molecule has 110 valence electrons. The molecule has 0 aliphatic heterocycles. The molecule has 0 saturated carbocycles. The second-order valence-corrected chi connectivity index (χ2v) is 4.36. The fraction of sp³-hybridized carbons (Fsp3) is 0.500. The molecule has 0 aromatic carbocycles. The van der Waals surface area contributed by atoms with E-state index in [1.807, 2.05) is 5.32 Å². The second kappa shape index (κ2) is 5.54. The van der Waals surface area contributed by atoms with E-state index < -0.39 is 35.9 Å². The van der Waals surface area contributed by atoms with E-state index in [1.54, 1.807) is 6.07 Å². The molecule has 20 heavy (non-hydrogen) atoms. The van der Waals surface area contributed by atoms with Gasteiger partial charge in [-0.1, -0.05) is 0 Å². The Labute approximate surface area is 113 Å². The predicted molar refractivity (Wildman–Crippen MR) is 61.2 cm³/mol. The van der Waals surface area contributed by atoms with Gasteiger partial charge in [0.05, 0.1) is 12.5 Å². The van der Waals surface area contributed by atoms with E-state index in [-0.39, 0.29) is 5.76 Å². The number of aryl methyl sites for hydroxylation is 1. The lowest BCUT2D eigenvalue weighted by Gasteiger charge is -2.28. The zero-order valence-corrected chi connectivity index (χ0v) is 10.8. The number of aliphatic hydroxyl groups is 1. The molecular weight excluding hydrogens is 277 g/mol. The zero-order chi connectivity index (χ0) is 15.6. The van der Waals surface area contributed by atoms with Gasteiger partial charge < -0.3 is 14.8 Å². The van der Waals surface area contributed by atoms with E-state index in [9.17, 15) is 23.1 Å². The van der Waals surface area contributed by atoms with E-state index in [0.29, 0.717) is 0 Å². The SMILES string of the molecule is Cc1ccc(C(O)(CC(=O)NC(C)C#N)C(F)(F)F)o1. The average Bonchev–Trinajstić information content (AvgIpc) is 2.74. The molecule has 1 aromatic heterocycles. The van der Waals surface area contributed by atoms with Crippen LogP contribution in [0.4, 0.5) is 13.2 Å². The van der Waals surface area contributed by atoms with Crippen molar-refractivity contribution in [2.75, 3.05) is 0 Å². The molecule has 0 aliphatic rings. The van der Waals surface area contributed by atoms with E-state index in [4.69, 9.17) is 9.68 Å². The molecule has 1 amide bonds. The smallest absolute Gasteiger partial charge is 0.425 e. The number of nitriles is 1. The molecule has 1 heterocycles. The summed E-state index contributed by atoms with van der Waals surface area (Å²) in [6.45, 7) is 2.72. The maximum atomic E-state index is 13.0. The van der Waals surface area contributed by atoms with Crippen LogP contribution in [0, 0.1) is 18.3 Å². The number of alkyl halides is 3. The summed E-state index contributed by atoms with van der Waals surface area (Å²) in [6.07, 6.45) is -6.38. The van der Waals surface area contributed by atoms with Gasteiger partial charge in [0.15, 0.2) is 0 Å². The van der Waals surface area contributed by atoms with Crippen molar-refractivity contribution in [3.63, 3.8) is 0 Å². The van der Waals surface area contributed by atoms with Gasteiger partial charge in [0.2, 0.25) is 11.5 Å². The quantitative estimate of drug-likeness (QED) is 0.884. The van der Waals surface area contributed by atoms with Gasteiger partial charge in [-0.15, -0.1) is 0 Å². The Morgan fingerprint density at radius 2 is 2.15 bits per heavy atom. The first kappa shape index (κ1) is 16.0. The zero-order valence-electron chi connectivity index (χ0n) is 10.8. The van der Waals surface area contributed by atoms with E-state index in [2.05, 4.69) is 0 Å². The number of carbonyl (C=O) groups is 1. The van der Waals surface area contributed by atoms with Crippen molar-refractivity contribution in [3.8, 4) is 6.07 Å². The third-order valence-corrected chi connectivity index (χ3v) is 2.60. The number of halogens is 3. The minimum Gasteiger partial charge on any atom is -0.463 e. The summed E-state index contributed by atoms with van der Waals surface area (Å²) in [4.78, 5) is 11.5. The lowest BCUT2D eigenvalue weighted by Crippen LogP contribution is -2.47. The molecule has 0 spiro atoms. The largest absolute Gasteiger partial charge is 0.463 e. The van der Waals surface area contributed by atoms with Crippen molar-refractivity contribution in [1.82, 2.24) is 5.32 Å². The Balaban J connectivity index is 3.03. The fourth-order valence-corrected chi connectivity index (χ4v) is 1.54. The van der Waals surface area contributed by atoms with Gasteiger partial charge in [0.25, 0.3) is 0 Å². The molecule has 2 N–H and O–H groups in total. The maximum Gasteiger partial charge on any atom is 0.425 e. The third-order valence-electron chi connectivity index (χ3n) is 2.60. The van der Waals surface area contributed by atoms with Gasteiger partial charge >= 0.3 is 6.18 Å². The van der Waals surface area contributed by atoms with Crippen LogP contribution in [-0.4, -0.2) is 23.2 Å². The summed E-state index contributed by atoms with van der Waals surface area (Å²) in [6, 6.07) is 2.90. The van der Waals surface area contributed by atoms with Gasteiger partial charge in [-0.3, -0.25) is 4.79 Å². The fourth-order valence-electron chi connectivity index (χ4n) is 1.54. The second-order valence-electron chi connectivity index (χ2n) is 4.36. The summed E-state index contributed by atoms with van der Waals surface area (Å²) >= 11 is 0. The summed E-state index contributed by atoms with van der Waals surface area (Å²) in [5.74, 6) is -1.69. The molecule has 5 nitrogen and oxygen atoms in total. The maximum absolute atomic E-state index is 13.0. The summed E-state index contributed by atoms with van der Waals surface area (Å²) < 4.78 is 43.9. The van der Waals surface area contributed by atoms with Crippen LogP contribution in [0.15, 0.2) is 16.5 Å². The normalized spacial score (nSPS) is 16.1. The summed E-state index contributed by atoms with van der Waals surface area (Å²) in [5.41, 5.74) is -3.43. The average molecular weight is 290 g/mol. The molecule has 8 heteroatoms. The van der Waals surface area contributed by atoms with Gasteiger partial charge in [-0.2, -0.15) is 18.4 Å². The number of furan rings is 1. The predicted octanol–water partition coefficient (Wildman–Crippen LogP) is 1.76. The van der Waals surface area contributed by atoms with Crippen molar-refractivity contribution in [1.29, 1.82) is 5.26 Å². The summed E-state index contributed by atoms with van der Waals surface area (Å²) in [7, 11) is 0. The number of amides is 1. The van der Waals surface area contributed by atoms with Gasteiger partial charge in [0, 0.05) is 0 Å². The van der Waals surface area contributed by atoms with Crippen molar-refractivity contribution in [2.24, 2.45) is 0 Å². The van der Waals surface area contributed by atoms with Gasteiger partial charge in [-0.05, 0) is 26.0 Å². The van der Waals surface area contributed by atoms with Crippen molar-refractivity contribution in [3.05, 3.63) is 23.7 Å². The number of carbonyl (C=O) groups excluding carboxylic acids is 1. The standard InChI is InChI=1S/C12H13F3N2O3/c1-7(6-16)17-10(18)5-11(19,12(13,14)15)9-4-3-8(2)20-9/h3-4,7,19H,5H2,1-2H3,(H,17,18). The van der Waals surface area contributed by atoms with E-state index in [1.165, 1.54) is 19.9 Å². The Kier molecular flexibility index (Phi) is 4.45. The Hall–Kier alpha value is -2.01. The van der Waals surface area contributed by atoms with Crippen molar-refractivity contribution >= 4 is 5.91 Å². The van der Waals surface area contributed by atoms with Crippen LogP contribution in [0.25, 0.3) is 0 Å². The number of hydrogen-bond donors (Lipinski definition) is 2. The van der Waals surface area contributed by atoms with Crippen molar-refractivity contribution < 1.29 is 27.5 Å². The molecule has 0 saturated heterocycles. The highest BCUT2D eigenvalue weighted by atomic mass is 19.4. The molecule has 0 radical (unpaired) electrons. The Bertz CT molecular complexity index is 533. The number of rotatable bonds is 4. The first-order valence-corrected chi connectivity index (χ1v) is 5.65. The number of hydrogen-bond acceptors (Lipinski definition) is 4. The highest BCUT2D eigenvalue weighted by Crippen LogP contribution is 2.42. The van der Waals surface area contributed by atoms with Crippen LogP contribution in [0.1, 0.15) is 24.9 Å². The molecule has 0 fully saturated rings. The van der Waals surface area contributed by atoms with Crippen LogP contribution < -0.4 is 5.32 Å². The first-order valence-electron chi connectivity index (χ1n) is 5.65. The van der Waals surface area contributed by atoms with Crippen LogP contribution >= 0.6 is 0 Å². The molecule has 2 atom stereocenters. The number of nitrogens with zero attached hydrogens (tertiary/aromatic N) is 1. The van der Waals surface area contributed by atoms with Gasteiger partial charge in [0.1, 0.15) is 17.6 Å². The summed E-state index contributed by atoms with van der Waals surface area (Å²) in [5, 5.41) is 20.4. The molecule has 1 aromatic rings. The molecule has 0 aliphatic carbocycles. The molecule has 1 rings (SSSR count). The van der Waals surface area contributed by atoms with E-state index >= 15 is 0 Å². The third kappa shape index (κ3) is 3.30. The molecular formula is C12H13F3N2O3. The van der Waals surface area contributed by atoms with Crippen LogP contribution in [0.2, 0.25) is 0 Å². The van der Waals surface area contributed by atoms with E-state index in [0.717, 1.165) is 6.07 Å². The Morgan fingerprint density at radius 1 is 1.55 bits per heavy atom. The minimum absolute atomic E-state index is 0.175. The minimum atomic E-state index is -5.09. The topological polar surface area (TPSA) is 86.3 Å². The highest BCUT2D eigenvalue weighted by Gasteiger charge is 2.58. The van der Waals surface area contributed by atoms with Crippen LogP contribution in [0.5, 0.6) is 0 Å². The highest BCUT2D eigenvalue weighted by molar-refractivity contribution is 5.78. The molecule has 0 bridgehead atoms. The Morgan fingerprint density at radius 3 is 2.55 bits per heavy atom. The molecule has 2 unspecified atom stereocenters. The lowest BCUT2D eigenvalue weighted by molar-refractivity contribution is -0.273. The van der Waals surface area contributed by atoms with Gasteiger partial charge in [-0.25, -0.2) is 0 Å². The van der Waals surface area contributed by atoms with Crippen LogP contribution in [-0.2, 0) is 10.4 Å². The first-order chi connectivity index (χ1) is 9.10. The monoisotopic (exact) mass is 290 g/mol. The number of nitrogens with one attached hydrogen (secondary N) is 1. The lowest BCUT2D eigenvalue weighted by atomic mass is 9.95. The van der Waals surface area contributed by atoms with Crippen LogP contribution in [0.3, 0.4) is 0 Å².